The summed E-state index contributed by atoms with van der Waals surface area (Å²) in [6.45, 7) is 2.62. The summed E-state index contributed by atoms with van der Waals surface area (Å²) >= 11 is 0. The summed E-state index contributed by atoms with van der Waals surface area (Å²) in [5, 5.41) is 8.79. The Morgan fingerprint density at radius 2 is 1.84 bits per heavy atom. The molecular weight excluding hydrogens is 265 g/mol. The third kappa shape index (κ3) is 4.70. The fraction of sp³-hybridized carbons (Fsp3) is 0.818. The van der Waals surface area contributed by atoms with Crippen molar-refractivity contribution in [1.82, 2.24) is 9.80 Å². The molecule has 1 aliphatic heterocycles. The maximum Gasteiger partial charge on any atom is 0.471 e. The lowest BCUT2D eigenvalue weighted by Crippen LogP contribution is -2.43. The summed E-state index contributed by atoms with van der Waals surface area (Å²) in [5.74, 6) is -3.34. The molecule has 19 heavy (non-hydrogen) atoms. The zero-order valence-electron chi connectivity index (χ0n) is 10.6. The van der Waals surface area contributed by atoms with Gasteiger partial charge in [-0.15, -0.1) is 0 Å². The first kappa shape index (κ1) is 15.7. The molecular formula is C11H17F3N2O3. The van der Waals surface area contributed by atoms with Crippen LogP contribution in [-0.2, 0) is 9.59 Å². The van der Waals surface area contributed by atoms with Crippen molar-refractivity contribution in [1.29, 1.82) is 0 Å². The minimum atomic E-state index is -4.84. The highest BCUT2D eigenvalue weighted by Crippen LogP contribution is 2.19. The van der Waals surface area contributed by atoms with Gasteiger partial charge in [0.2, 0.25) is 0 Å². The molecule has 0 aromatic carbocycles. The molecule has 0 bridgehead atoms. The minimum Gasteiger partial charge on any atom is -0.481 e. The Morgan fingerprint density at radius 1 is 1.21 bits per heavy atom. The van der Waals surface area contributed by atoms with Crippen LogP contribution in [0, 0.1) is 5.92 Å². The van der Waals surface area contributed by atoms with E-state index in [-0.39, 0.29) is 26.2 Å². The molecule has 0 aliphatic carbocycles. The summed E-state index contributed by atoms with van der Waals surface area (Å²) in [4.78, 5) is 24.4. The number of amides is 1. The molecule has 1 atom stereocenters. The van der Waals surface area contributed by atoms with Crippen LogP contribution in [0.2, 0.25) is 0 Å². The standard InChI is InChI=1S/C11H17F3N2O3/c1-8(9(17)18)7-15-3-2-4-16(6-5-15)10(19)11(12,13)14/h8H,2-7H2,1H3,(H,17,18). The number of nitrogens with zero attached hydrogens (tertiary/aromatic N) is 2. The number of alkyl halides is 3. The SMILES string of the molecule is CC(CN1CCCN(C(=O)C(F)(F)F)CC1)C(=O)O. The lowest BCUT2D eigenvalue weighted by molar-refractivity contribution is -0.185. The Hall–Kier alpha value is -1.31. The molecule has 1 N–H and O–H groups in total. The first-order valence-corrected chi connectivity index (χ1v) is 6.03. The smallest absolute Gasteiger partial charge is 0.471 e. The molecule has 8 heteroatoms. The van der Waals surface area contributed by atoms with Gasteiger partial charge in [0.15, 0.2) is 0 Å². The van der Waals surface area contributed by atoms with E-state index in [4.69, 9.17) is 5.11 Å². The molecule has 1 rings (SSSR count). The molecule has 1 aliphatic rings. The molecule has 1 heterocycles. The van der Waals surface area contributed by atoms with Gasteiger partial charge in [-0.3, -0.25) is 9.59 Å². The summed E-state index contributed by atoms with van der Waals surface area (Å²) in [7, 11) is 0. The number of carboxylic acids is 1. The highest BCUT2D eigenvalue weighted by Gasteiger charge is 2.42. The average molecular weight is 282 g/mol. The van der Waals surface area contributed by atoms with Crippen molar-refractivity contribution in [2.75, 3.05) is 32.7 Å². The average Bonchev–Trinajstić information content (AvgIpc) is 2.52. The Labute approximate surface area is 109 Å². The lowest BCUT2D eigenvalue weighted by atomic mass is 10.1. The lowest BCUT2D eigenvalue weighted by Gasteiger charge is -2.23. The molecule has 110 valence electrons. The molecule has 0 saturated carbocycles. The van der Waals surface area contributed by atoms with Crippen LogP contribution in [-0.4, -0.2) is 65.7 Å². The van der Waals surface area contributed by atoms with E-state index in [1.807, 2.05) is 0 Å². The van der Waals surface area contributed by atoms with Crippen LogP contribution in [0.25, 0.3) is 0 Å². The molecule has 1 fully saturated rings. The third-order valence-corrected chi connectivity index (χ3v) is 3.07. The van der Waals surface area contributed by atoms with Crippen molar-refractivity contribution in [3.05, 3.63) is 0 Å². The minimum absolute atomic E-state index is 0.0231. The van der Waals surface area contributed by atoms with Crippen LogP contribution in [0.15, 0.2) is 0 Å². The highest BCUT2D eigenvalue weighted by molar-refractivity contribution is 5.81. The van der Waals surface area contributed by atoms with E-state index in [0.29, 0.717) is 13.0 Å². The Morgan fingerprint density at radius 3 is 2.37 bits per heavy atom. The predicted molar refractivity (Wildman–Crippen MR) is 60.5 cm³/mol. The maximum atomic E-state index is 12.3. The summed E-state index contributed by atoms with van der Waals surface area (Å²) in [6.07, 6.45) is -4.43. The molecule has 0 aromatic heterocycles. The molecule has 1 unspecified atom stereocenters. The topological polar surface area (TPSA) is 60.9 Å². The van der Waals surface area contributed by atoms with Gasteiger partial charge in [-0.1, -0.05) is 6.92 Å². The number of carbonyl (C=O) groups is 2. The maximum absolute atomic E-state index is 12.3. The second kappa shape index (κ2) is 6.23. The van der Waals surface area contributed by atoms with Crippen molar-refractivity contribution < 1.29 is 27.9 Å². The van der Waals surface area contributed by atoms with E-state index < -0.39 is 24.0 Å². The molecule has 0 spiro atoms. The van der Waals surface area contributed by atoms with Gasteiger partial charge in [0.05, 0.1) is 5.92 Å². The Kier molecular flexibility index (Phi) is 5.16. The largest absolute Gasteiger partial charge is 0.481 e. The van der Waals surface area contributed by atoms with E-state index in [1.165, 1.54) is 0 Å². The van der Waals surface area contributed by atoms with E-state index in [2.05, 4.69) is 0 Å². The van der Waals surface area contributed by atoms with E-state index in [0.717, 1.165) is 4.90 Å². The summed E-state index contributed by atoms with van der Waals surface area (Å²) in [6, 6.07) is 0. The first-order valence-electron chi connectivity index (χ1n) is 6.03. The van der Waals surface area contributed by atoms with Gasteiger partial charge in [-0.05, 0) is 13.0 Å². The Bertz CT molecular complexity index is 347. The summed E-state index contributed by atoms with van der Waals surface area (Å²) < 4.78 is 36.9. The van der Waals surface area contributed by atoms with Crippen LogP contribution >= 0.6 is 0 Å². The normalized spacial score (nSPS) is 19.9. The fourth-order valence-electron chi connectivity index (χ4n) is 2.00. The molecule has 1 saturated heterocycles. The molecule has 0 radical (unpaired) electrons. The number of halogens is 3. The number of aliphatic carboxylic acids is 1. The van der Waals surface area contributed by atoms with E-state index in [1.54, 1.807) is 11.8 Å². The monoisotopic (exact) mass is 282 g/mol. The van der Waals surface area contributed by atoms with Crippen LogP contribution in [0.5, 0.6) is 0 Å². The van der Waals surface area contributed by atoms with Crippen molar-refractivity contribution in [3.8, 4) is 0 Å². The van der Waals surface area contributed by atoms with Gasteiger partial charge in [-0.2, -0.15) is 13.2 Å². The zero-order chi connectivity index (χ0) is 14.6. The van der Waals surface area contributed by atoms with Gasteiger partial charge in [0, 0.05) is 26.2 Å². The van der Waals surface area contributed by atoms with Gasteiger partial charge < -0.3 is 14.9 Å². The van der Waals surface area contributed by atoms with E-state index in [9.17, 15) is 22.8 Å². The molecule has 1 amide bonds. The second-order valence-corrected chi connectivity index (χ2v) is 4.68. The van der Waals surface area contributed by atoms with Crippen LogP contribution in [0.4, 0.5) is 13.2 Å². The van der Waals surface area contributed by atoms with Crippen LogP contribution in [0.1, 0.15) is 13.3 Å². The van der Waals surface area contributed by atoms with Crippen molar-refractivity contribution in [3.63, 3.8) is 0 Å². The van der Waals surface area contributed by atoms with Crippen molar-refractivity contribution in [2.45, 2.75) is 19.5 Å². The number of carboxylic acid groups (broad SMARTS) is 1. The van der Waals surface area contributed by atoms with Crippen molar-refractivity contribution >= 4 is 11.9 Å². The number of carbonyl (C=O) groups excluding carboxylic acids is 1. The Balaban J connectivity index is 2.52. The summed E-state index contributed by atoms with van der Waals surface area (Å²) in [5.41, 5.74) is 0. The van der Waals surface area contributed by atoms with Gasteiger partial charge in [0.1, 0.15) is 0 Å². The van der Waals surface area contributed by atoms with Gasteiger partial charge in [-0.25, -0.2) is 0 Å². The number of hydrogen-bond donors (Lipinski definition) is 1. The molecule has 5 nitrogen and oxygen atoms in total. The van der Waals surface area contributed by atoms with Gasteiger partial charge in [0.25, 0.3) is 0 Å². The van der Waals surface area contributed by atoms with Gasteiger partial charge >= 0.3 is 18.1 Å². The van der Waals surface area contributed by atoms with Crippen LogP contribution in [0.3, 0.4) is 0 Å². The van der Waals surface area contributed by atoms with Crippen molar-refractivity contribution in [2.24, 2.45) is 5.92 Å². The van der Waals surface area contributed by atoms with E-state index >= 15 is 0 Å². The third-order valence-electron chi connectivity index (χ3n) is 3.07. The number of rotatable bonds is 3. The molecule has 0 aromatic rings. The number of hydrogen-bond acceptors (Lipinski definition) is 3. The van der Waals surface area contributed by atoms with Crippen LogP contribution < -0.4 is 0 Å². The predicted octanol–water partition coefficient (Wildman–Crippen LogP) is 0.804. The first-order chi connectivity index (χ1) is 8.71. The second-order valence-electron chi connectivity index (χ2n) is 4.68. The quantitative estimate of drug-likeness (QED) is 0.832. The fourth-order valence-corrected chi connectivity index (χ4v) is 2.00. The highest BCUT2D eigenvalue weighted by atomic mass is 19.4. The zero-order valence-corrected chi connectivity index (χ0v) is 10.6.